The summed E-state index contributed by atoms with van der Waals surface area (Å²) in [6.45, 7) is 3.16. The minimum atomic E-state index is -1.48. The third-order valence-electron chi connectivity index (χ3n) is 7.29. The molecule has 1 saturated heterocycles. The van der Waals surface area contributed by atoms with E-state index >= 15 is 0 Å². The molecule has 0 aliphatic carbocycles. The number of nitrogens with zero attached hydrogens (tertiary/aromatic N) is 1. The molecule has 4 unspecified atom stereocenters. The molecule has 4 rings (SSSR count). The number of methoxy groups -OCH3 is 1. The van der Waals surface area contributed by atoms with Crippen molar-refractivity contribution in [3.05, 3.63) is 84.2 Å². The number of cyclic esters (lactones) is 2. The normalized spacial score (nSPS) is 19.2. The standard InChI is InChI=1S/C35H38N2O12/c1-21(2)33(40)49-30-22(3)48-35(42)26(18-45-34(41)25(30)17-23-11-7-5-8-12-23)37-32(39)29-31(27(43-4)15-16-36-29)47-20-46-28(38)19-44-24-13-9-6-10-14-24/h5-16,21-22,25-26,30H,17-20H2,1-4H3,(H,37,39). The Bertz CT molecular complexity index is 1600. The number of nitrogens with one attached hydrogen (secondary N) is 1. The van der Waals surface area contributed by atoms with E-state index in [1.165, 1.54) is 26.3 Å². The first kappa shape index (κ1) is 36.2. The number of carbonyl (C=O) groups is 5. The summed E-state index contributed by atoms with van der Waals surface area (Å²) >= 11 is 0. The summed E-state index contributed by atoms with van der Waals surface area (Å²) in [7, 11) is 1.33. The maximum absolute atomic E-state index is 13.5. The van der Waals surface area contributed by atoms with Crippen LogP contribution in [0.2, 0.25) is 0 Å². The Labute approximate surface area is 282 Å². The number of para-hydroxylation sites is 1. The zero-order valence-corrected chi connectivity index (χ0v) is 27.5. The molecule has 1 amide bonds. The van der Waals surface area contributed by atoms with Gasteiger partial charge in [0.05, 0.1) is 13.0 Å². The SMILES string of the molecule is COc1ccnc(C(=O)NC2COC(=O)C(Cc3ccccc3)C(OC(=O)C(C)C)C(C)OC2=O)c1OCOC(=O)COc1ccccc1. The predicted octanol–water partition coefficient (Wildman–Crippen LogP) is 3.06. The first-order valence-corrected chi connectivity index (χ1v) is 15.5. The molecule has 0 spiro atoms. The summed E-state index contributed by atoms with van der Waals surface area (Å²) in [5.74, 6) is -5.14. The van der Waals surface area contributed by atoms with Crippen LogP contribution in [-0.2, 0) is 44.5 Å². The van der Waals surface area contributed by atoms with Crippen molar-refractivity contribution >= 4 is 29.8 Å². The van der Waals surface area contributed by atoms with Gasteiger partial charge in [-0.15, -0.1) is 0 Å². The number of aromatic nitrogens is 1. The lowest BCUT2D eigenvalue weighted by atomic mass is 9.91. The molecule has 0 saturated carbocycles. The second-order valence-electron chi connectivity index (χ2n) is 11.2. The van der Waals surface area contributed by atoms with E-state index in [1.807, 2.05) is 6.07 Å². The summed E-state index contributed by atoms with van der Waals surface area (Å²) in [6, 6.07) is 17.6. The van der Waals surface area contributed by atoms with Gasteiger partial charge in [0.1, 0.15) is 24.4 Å². The Morgan fingerprint density at radius 1 is 0.959 bits per heavy atom. The second-order valence-corrected chi connectivity index (χ2v) is 11.2. The summed E-state index contributed by atoms with van der Waals surface area (Å²) in [5, 5.41) is 2.47. The van der Waals surface area contributed by atoms with E-state index in [2.05, 4.69) is 10.3 Å². The lowest BCUT2D eigenvalue weighted by Gasteiger charge is -2.29. The Hall–Kier alpha value is -5.66. The van der Waals surface area contributed by atoms with Crippen molar-refractivity contribution in [1.29, 1.82) is 0 Å². The van der Waals surface area contributed by atoms with Gasteiger partial charge >= 0.3 is 23.9 Å². The second kappa shape index (κ2) is 17.5. The lowest BCUT2D eigenvalue weighted by molar-refractivity contribution is -0.176. The van der Waals surface area contributed by atoms with Crippen molar-refractivity contribution in [3.8, 4) is 17.2 Å². The molecule has 2 aromatic carbocycles. The van der Waals surface area contributed by atoms with Gasteiger partial charge in [0, 0.05) is 12.3 Å². The van der Waals surface area contributed by atoms with Crippen LogP contribution in [0.5, 0.6) is 17.2 Å². The third-order valence-corrected chi connectivity index (χ3v) is 7.29. The van der Waals surface area contributed by atoms with Crippen LogP contribution in [0.4, 0.5) is 0 Å². The van der Waals surface area contributed by atoms with Crippen molar-refractivity contribution < 1.29 is 57.1 Å². The first-order valence-electron chi connectivity index (χ1n) is 15.5. The van der Waals surface area contributed by atoms with Gasteiger partial charge in [-0.1, -0.05) is 62.4 Å². The van der Waals surface area contributed by atoms with Gasteiger partial charge in [-0.25, -0.2) is 14.6 Å². The average molecular weight is 679 g/mol. The molecule has 1 aromatic heterocycles. The van der Waals surface area contributed by atoms with E-state index in [0.717, 1.165) is 5.56 Å². The number of pyridine rings is 1. The molecule has 14 nitrogen and oxygen atoms in total. The molecule has 3 aromatic rings. The van der Waals surface area contributed by atoms with E-state index in [1.54, 1.807) is 68.4 Å². The van der Waals surface area contributed by atoms with Crippen molar-refractivity contribution in [1.82, 2.24) is 10.3 Å². The summed E-state index contributed by atoms with van der Waals surface area (Å²) in [5.41, 5.74) is 0.442. The van der Waals surface area contributed by atoms with Gasteiger partial charge < -0.3 is 38.5 Å². The molecule has 0 bridgehead atoms. The van der Waals surface area contributed by atoms with Crippen molar-refractivity contribution in [2.45, 2.75) is 45.4 Å². The molecule has 2 heterocycles. The van der Waals surface area contributed by atoms with Crippen LogP contribution in [0.1, 0.15) is 36.8 Å². The highest BCUT2D eigenvalue weighted by atomic mass is 16.7. The molecule has 1 aliphatic heterocycles. The topological polar surface area (TPSA) is 175 Å². The maximum Gasteiger partial charge on any atom is 0.347 e. The van der Waals surface area contributed by atoms with E-state index in [0.29, 0.717) is 5.75 Å². The van der Waals surface area contributed by atoms with Gasteiger partial charge in [-0.05, 0) is 31.0 Å². The zero-order valence-electron chi connectivity index (χ0n) is 27.5. The Morgan fingerprint density at radius 2 is 1.65 bits per heavy atom. The quantitative estimate of drug-likeness (QED) is 0.159. The highest BCUT2D eigenvalue weighted by Gasteiger charge is 2.42. The van der Waals surface area contributed by atoms with Gasteiger partial charge in [-0.3, -0.25) is 14.4 Å². The van der Waals surface area contributed by atoms with E-state index in [4.69, 9.17) is 33.2 Å². The number of rotatable bonds is 13. The van der Waals surface area contributed by atoms with E-state index in [9.17, 15) is 24.0 Å². The van der Waals surface area contributed by atoms with Crippen LogP contribution in [-0.4, -0.2) is 80.1 Å². The molecular weight excluding hydrogens is 640 g/mol. The van der Waals surface area contributed by atoms with Gasteiger partial charge in [-0.2, -0.15) is 0 Å². The van der Waals surface area contributed by atoms with Crippen LogP contribution in [0.3, 0.4) is 0 Å². The summed E-state index contributed by atoms with van der Waals surface area (Å²) < 4.78 is 38.1. The van der Waals surface area contributed by atoms with Gasteiger partial charge in [0.15, 0.2) is 35.9 Å². The van der Waals surface area contributed by atoms with Crippen molar-refractivity contribution in [3.63, 3.8) is 0 Å². The maximum atomic E-state index is 13.5. The molecule has 1 N–H and O–H groups in total. The van der Waals surface area contributed by atoms with Gasteiger partial charge in [0.2, 0.25) is 6.79 Å². The van der Waals surface area contributed by atoms with Crippen LogP contribution in [0.25, 0.3) is 0 Å². The fraction of sp³-hybridized carbons (Fsp3) is 0.371. The average Bonchev–Trinajstić information content (AvgIpc) is 3.13. The summed E-state index contributed by atoms with van der Waals surface area (Å²) in [4.78, 5) is 69.2. The Kier molecular flexibility index (Phi) is 12.9. The third kappa shape index (κ3) is 10.2. The number of benzene rings is 2. The Morgan fingerprint density at radius 3 is 2.33 bits per heavy atom. The number of ether oxygens (including phenoxy) is 7. The van der Waals surface area contributed by atoms with Gasteiger partial charge in [0.25, 0.3) is 5.91 Å². The van der Waals surface area contributed by atoms with Crippen LogP contribution >= 0.6 is 0 Å². The molecule has 1 fully saturated rings. The number of hydrogen-bond donors (Lipinski definition) is 1. The largest absolute Gasteiger partial charge is 0.493 e. The van der Waals surface area contributed by atoms with Crippen LogP contribution < -0.4 is 19.5 Å². The summed E-state index contributed by atoms with van der Waals surface area (Å²) in [6.07, 6.45) is -0.872. The first-order chi connectivity index (χ1) is 23.6. The fourth-order valence-electron chi connectivity index (χ4n) is 4.72. The number of esters is 4. The highest BCUT2D eigenvalue weighted by molar-refractivity contribution is 5.98. The fourth-order valence-corrected chi connectivity index (χ4v) is 4.72. The smallest absolute Gasteiger partial charge is 0.347 e. The van der Waals surface area contributed by atoms with Crippen molar-refractivity contribution in [2.24, 2.45) is 11.8 Å². The number of hydrogen-bond acceptors (Lipinski definition) is 13. The molecule has 260 valence electrons. The van der Waals surface area contributed by atoms with E-state index < -0.39 is 79.9 Å². The number of carbonyl (C=O) groups excluding carboxylic acids is 5. The molecule has 4 atom stereocenters. The molecule has 14 heteroatoms. The molecule has 1 aliphatic rings. The zero-order chi connectivity index (χ0) is 35.3. The highest BCUT2D eigenvalue weighted by Crippen LogP contribution is 2.30. The number of amides is 1. The predicted molar refractivity (Wildman–Crippen MR) is 170 cm³/mol. The van der Waals surface area contributed by atoms with Crippen LogP contribution in [0.15, 0.2) is 72.9 Å². The minimum Gasteiger partial charge on any atom is -0.493 e. The molecular formula is C35H38N2O12. The minimum absolute atomic E-state index is 0.0763. The monoisotopic (exact) mass is 678 g/mol. The Balaban J connectivity index is 1.47. The molecule has 0 radical (unpaired) electrons. The van der Waals surface area contributed by atoms with Crippen molar-refractivity contribution in [2.75, 3.05) is 27.1 Å². The van der Waals surface area contributed by atoms with E-state index in [-0.39, 0.29) is 23.6 Å². The lowest BCUT2D eigenvalue weighted by Crippen LogP contribution is -2.47. The van der Waals surface area contributed by atoms with Crippen LogP contribution in [0, 0.1) is 11.8 Å². The molecule has 49 heavy (non-hydrogen) atoms.